The van der Waals surface area contributed by atoms with Crippen molar-refractivity contribution in [1.29, 1.82) is 0 Å². The monoisotopic (exact) mass is 294 g/mol. The van der Waals surface area contributed by atoms with Crippen LogP contribution in [0.3, 0.4) is 0 Å². The Morgan fingerprint density at radius 1 is 0.810 bits per heavy atom. The molecule has 114 valence electrons. The maximum atomic E-state index is 12.4. The predicted molar refractivity (Wildman–Crippen MR) is 71.4 cm³/mol. The molecule has 0 radical (unpaired) electrons. The maximum Gasteiger partial charge on any atom is 0.165 e. The third-order valence-corrected chi connectivity index (χ3v) is 4.58. The van der Waals surface area contributed by atoms with Gasteiger partial charge in [0.2, 0.25) is 0 Å². The first kappa shape index (κ1) is 17.1. The highest BCUT2D eigenvalue weighted by Crippen LogP contribution is 2.57. The molecule has 0 aromatic heterocycles. The van der Waals surface area contributed by atoms with Gasteiger partial charge in [-0.3, -0.25) is 28.8 Å². The maximum absolute atomic E-state index is 12.4. The molecule has 0 N–H and O–H groups in total. The topological polar surface area (TPSA) is 102 Å². The largest absolute Gasteiger partial charge is 0.300 e. The second-order valence-electron chi connectivity index (χ2n) is 5.57. The molecule has 1 saturated carbocycles. The van der Waals surface area contributed by atoms with E-state index in [0.29, 0.717) is 0 Å². The summed E-state index contributed by atoms with van der Waals surface area (Å²) in [7, 11) is 0. The average Bonchev–Trinajstić information content (AvgIpc) is 2.60. The minimum Gasteiger partial charge on any atom is -0.300 e. The molecule has 1 atom stereocenters. The van der Waals surface area contributed by atoms with Crippen molar-refractivity contribution in [1.82, 2.24) is 0 Å². The van der Waals surface area contributed by atoms with E-state index in [0.717, 1.165) is 34.6 Å². The van der Waals surface area contributed by atoms with Crippen molar-refractivity contribution in [3.05, 3.63) is 0 Å². The molecule has 0 aliphatic heterocycles. The van der Waals surface area contributed by atoms with Gasteiger partial charge in [-0.25, -0.2) is 0 Å². The van der Waals surface area contributed by atoms with Crippen LogP contribution in [0.5, 0.6) is 0 Å². The molecule has 0 heterocycles. The van der Waals surface area contributed by atoms with Gasteiger partial charge >= 0.3 is 0 Å². The summed E-state index contributed by atoms with van der Waals surface area (Å²) in [6, 6.07) is 0. The Balaban J connectivity index is 3.99. The van der Waals surface area contributed by atoms with Gasteiger partial charge in [0.05, 0.1) is 0 Å². The molecule has 0 saturated heterocycles. The summed E-state index contributed by atoms with van der Waals surface area (Å²) in [4.78, 5) is 73.1. The quantitative estimate of drug-likeness (QED) is 0.684. The minimum atomic E-state index is -2.37. The van der Waals surface area contributed by atoms with Crippen LogP contribution < -0.4 is 0 Å². The van der Waals surface area contributed by atoms with Crippen LogP contribution in [0.25, 0.3) is 0 Å². The third kappa shape index (κ3) is 1.78. The number of carbonyl (C=O) groups is 6. The molecule has 0 amide bonds. The van der Waals surface area contributed by atoms with Crippen LogP contribution in [0.2, 0.25) is 0 Å². The second-order valence-corrected chi connectivity index (χ2v) is 5.57. The first-order chi connectivity index (χ1) is 9.48. The fraction of sp³-hybridized carbons (Fsp3) is 0.600. The van der Waals surface area contributed by atoms with E-state index in [-0.39, 0.29) is 0 Å². The highest BCUT2D eigenvalue weighted by atomic mass is 16.2. The van der Waals surface area contributed by atoms with Gasteiger partial charge in [-0.2, -0.15) is 0 Å². The van der Waals surface area contributed by atoms with Gasteiger partial charge in [0.1, 0.15) is 22.8 Å². The molecule has 6 heteroatoms. The van der Waals surface area contributed by atoms with E-state index >= 15 is 0 Å². The standard InChI is InChI=1S/C15H18O6/c1-7(16)12-6-13(21)15(10(4)19,11(5)20)14(12,8(2)17)9(3)18/h12H,6H2,1-5H3. The molecular weight excluding hydrogens is 276 g/mol. The predicted octanol–water partition coefficient (Wildman–Crippen LogP) is 0.493. The number of hydrogen-bond acceptors (Lipinski definition) is 6. The van der Waals surface area contributed by atoms with E-state index in [9.17, 15) is 28.8 Å². The van der Waals surface area contributed by atoms with Crippen LogP contribution in [-0.2, 0) is 28.8 Å². The van der Waals surface area contributed by atoms with Crippen LogP contribution in [0.1, 0.15) is 41.0 Å². The van der Waals surface area contributed by atoms with E-state index in [4.69, 9.17) is 0 Å². The van der Waals surface area contributed by atoms with Crippen LogP contribution in [0, 0.1) is 16.7 Å². The zero-order chi connectivity index (χ0) is 16.7. The van der Waals surface area contributed by atoms with Crippen molar-refractivity contribution in [2.24, 2.45) is 16.7 Å². The normalized spacial score (nSPS) is 22.7. The van der Waals surface area contributed by atoms with Crippen molar-refractivity contribution < 1.29 is 28.8 Å². The fourth-order valence-electron chi connectivity index (χ4n) is 3.88. The molecule has 1 rings (SSSR count). The molecular formula is C15H18O6. The van der Waals surface area contributed by atoms with Crippen LogP contribution in [0.15, 0.2) is 0 Å². The van der Waals surface area contributed by atoms with E-state index < -0.39 is 57.9 Å². The molecule has 6 nitrogen and oxygen atoms in total. The van der Waals surface area contributed by atoms with E-state index in [2.05, 4.69) is 0 Å². The Bertz CT molecular complexity index is 555. The summed E-state index contributed by atoms with van der Waals surface area (Å²) in [5, 5.41) is 0. The third-order valence-electron chi connectivity index (χ3n) is 4.58. The van der Waals surface area contributed by atoms with Crippen molar-refractivity contribution in [2.45, 2.75) is 41.0 Å². The average molecular weight is 294 g/mol. The Hall–Kier alpha value is -1.98. The summed E-state index contributed by atoms with van der Waals surface area (Å²) in [6.45, 7) is 5.23. The Morgan fingerprint density at radius 2 is 1.19 bits per heavy atom. The molecule has 0 aromatic rings. The van der Waals surface area contributed by atoms with Gasteiger partial charge in [0, 0.05) is 12.3 Å². The molecule has 1 unspecified atom stereocenters. The number of hydrogen-bond donors (Lipinski definition) is 0. The van der Waals surface area contributed by atoms with Gasteiger partial charge in [-0.05, 0) is 34.6 Å². The molecule has 1 aliphatic rings. The summed E-state index contributed by atoms with van der Waals surface area (Å²) in [5.41, 5.74) is -4.59. The molecule has 0 aromatic carbocycles. The Morgan fingerprint density at radius 3 is 1.43 bits per heavy atom. The molecule has 0 spiro atoms. The smallest absolute Gasteiger partial charge is 0.165 e. The summed E-state index contributed by atoms with van der Waals surface area (Å²) in [6.07, 6.45) is -0.451. The van der Waals surface area contributed by atoms with Crippen molar-refractivity contribution in [2.75, 3.05) is 0 Å². The van der Waals surface area contributed by atoms with Gasteiger partial charge in [-0.1, -0.05) is 0 Å². The fourth-order valence-corrected chi connectivity index (χ4v) is 3.88. The molecule has 1 fully saturated rings. The lowest BCUT2D eigenvalue weighted by Crippen LogP contribution is -2.61. The zero-order valence-corrected chi connectivity index (χ0v) is 12.7. The second kappa shape index (κ2) is 5.09. The first-order valence-electron chi connectivity index (χ1n) is 6.56. The number of carbonyl (C=O) groups excluding carboxylic acids is 6. The lowest BCUT2D eigenvalue weighted by atomic mass is 9.54. The van der Waals surface area contributed by atoms with Gasteiger partial charge < -0.3 is 0 Å². The van der Waals surface area contributed by atoms with E-state index in [1.54, 1.807) is 0 Å². The zero-order valence-electron chi connectivity index (χ0n) is 12.7. The van der Waals surface area contributed by atoms with Gasteiger partial charge in [-0.15, -0.1) is 0 Å². The first-order valence-corrected chi connectivity index (χ1v) is 6.56. The molecule has 0 bridgehead atoms. The van der Waals surface area contributed by atoms with Gasteiger partial charge in [0.15, 0.2) is 22.8 Å². The molecule has 1 aliphatic carbocycles. The summed E-state index contributed by atoms with van der Waals surface area (Å²) >= 11 is 0. The highest BCUT2D eigenvalue weighted by Gasteiger charge is 2.75. The highest BCUT2D eigenvalue weighted by molar-refractivity contribution is 6.34. The Labute approximate surface area is 122 Å². The van der Waals surface area contributed by atoms with E-state index in [1.165, 1.54) is 0 Å². The SMILES string of the molecule is CC(=O)C1CC(=O)C(C(C)=O)(C(C)=O)C1(C(C)=O)C(C)=O. The Kier molecular flexibility index (Phi) is 4.14. The van der Waals surface area contributed by atoms with Crippen molar-refractivity contribution in [3.63, 3.8) is 0 Å². The van der Waals surface area contributed by atoms with E-state index in [1.807, 2.05) is 0 Å². The summed E-state index contributed by atoms with van der Waals surface area (Å²) in [5.74, 6) is -5.99. The van der Waals surface area contributed by atoms with Crippen molar-refractivity contribution >= 4 is 34.7 Å². The molecule has 21 heavy (non-hydrogen) atoms. The lowest BCUT2D eigenvalue weighted by molar-refractivity contribution is -0.166. The van der Waals surface area contributed by atoms with Crippen molar-refractivity contribution in [3.8, 4) is 0 Å². The number of rotatable bonds is 5. The van der Waals surface area contributed by atoms with Crippen LogP contribution in [-0.4, -0.2) is 34.7 Å². The summed E-state index contributed by atoms with van der Waals surface area (Å²) < 4.78 is 0. The van der Waals surface area contributed by atoms with Crippen LogP contribution >= 0.6 is 0 Å². The lowest BCUT2D eigenvalue weighted by Gasteiger charge is -2.40. The minimum absolute atomic E-state index is 0.451. The number of ketones is 6. The number of Topliss-reactive ketones (excluding diaryl/α,β-unsaturated/α-hetero) is 6. The van der Waals surface area contributed by atoms with Gasteiger partial charge in [0.25, 0.3) is 0 Å². The van der Waals surface area contributed by atoms with Crippen LogP contribution in [0.4, 0.5) is 0 Å².